The monoisotopic (exact) mass is 548 g/mol. The van der Waals surface area contributed by atoms with E-state index in [1.807, 2.05) is 0 Å². The zero-order chi connectivity index (χ0) is 28.2. The molecule has 0 aromatic carbocycles. The van der Waals surface area contributed by atoms with Crippen LogP contribution in [0.5, 0.6) is 0 Å². The number of hydrogen-bond acceptors (Lipinski definition) is 5. The fourth-order valence-corrected chi connectivity index (χ4v) is 6.63. The summed E-state index contributed by atoms with van der Waals surface area (Å²) in [4.78, 5) is 11.4. The Morgan fingerprint density at radius 3 is 2.42 bits per heavy atom. The lowest BCUT2D eigenvalue weighted by atomic mass is 9.80. The molecule has 1 aliphatic carbocycles. The third-order valence-corrected chi connectivity index (χ3v) is 13.3. The summed E-state index contributed by atoms with van der Waals surface area (Å²) in [5, 5.41) is 0.193. The van der Waals surface area contributed by atoms with Gasteiger partial charge in [-0.15, -0.1) is 0 Å². The maximum Gasteiger partial charge on any atom is 0.457 e. The molecule has 0 amide bonds. The normalized spacial score (nSPS) is 25.0. The van der Waals surface area contributed by atoms with Crippen LogP contribution in [0.3, 0.4) is 0 Å². The fourth-order valence-electron chi connectivity index (χ4n) is 5.33. The minimum absolute atomic E-state index is 0.0764. The molecule has 2 rings (SSSR count). The topological polar surface area (TPSA) is 54.0 Å². The number of allylic oxidation sites excluding steroid dienone is 2. The van der Waals surface area contributed by atoms with Gasteiger partial charge in [0.15, 0.2) is 8.32 Å². The molecule has 5 nitrogen and oxygen atoms in total. The molecular weight excluding hydrogens is 491 g/mol. The van der Waals surface area contributed by atoms with Crippen LogP contribution in [0.1, 0.15) is 105 Å². The first-order valence-electron chi connectivity index (χ1n) is 15.4. The molecule has 0 N–H and O–H groups in total. The van der Waals surface area contributed by atoms with Crippen molar-refractivity contribution in [2.45, 2.75) is 148 Å². The van der Waals surface area contributed by atoms with Crippen molar-refractivity contribution >= 4 is 21.4 Å². The summed E-state index contributed by atoms with van der Waals surface area (Å²) in [6, 6.07) is 0. The van der Waals surface area contributed by atoms with Gasteiger partial charge in [0, 0.05) is 18.4 Å². The average molecular weight is 549 g/mol. The summed E-state index contributed by atoms with van der Waals surface area (Å²) in [6.45, 7) is 16.2. The number of esters is 1. The molecule has 0 spiro atoms. The number of fused-ring (bicyclic) bond motifs is 2. The molecule has 0 radical (unpaired) electrons. The van der Waals surface area contributed by atoms with Gasteiger partial charge < -0.3 is 18.5 Å². The fraction of sp³-hybridized carbons (Fsp3) is 0.839. The van der Waals surface area contributed by atoms with Crippen molar-refractivity contribution in [2.24, 2.45) is 11.8 Å². The zero-order valence-corrected chi connectivity index (χ0v) is 26.8. The smallest absolute Gasteiger partial charge is 0.457 e. The maximum absolute atomic E-state index is 11.4. The molecule has 1 aliphatic heterocycles. The Labute approximate surface area is 235 Å². The van der Waals surface area contributed by atoms with E-state index in [1.165, 1.54) is 26.4 Å². The highest BCUT2D eigenvalue weighted by atomic mass is 28.4. The van der Waals surface area contributed by atoms with E-state index in [0.29, 0.717) is 18.3 Å². The SMILES string of the molecule is CCCCC[C@@H](/C=C/[C@@H]1[C@@H](C/C=C\CCCC(=O)OC)[C@@H]2C[C@H]1OB(CCCC)O2)O[Si](C)(C)C(C)(C)C. The number of carbonyl (C=O) groups is 1. The van der Waals surface area contributed by atoms with Crippen LogP contribution < -0.4 is 0 Å². The van der Waals surface area contributed by atoms with E-state index in [9.17, 15) is 4.79 Å². The van der Waals surface area contributed by atoms with Crippen LogP contribution in [0.15, 0.2) is 24.3 Å². The Balaban J connectivity index is 2.14. The largest absolute Gasteiger partial charge is 0.469 e. The van der Waals surface area contributed by atoms with Crippen LogP contribution in [0.2, 0.25) is 24.5 Å². The van der Waals surface area contributed by atoms with E-state index >= 15 is 0 Å². The molecule has 2 aliphatic rings. The predicted octanol–water partition coefficient (Wildman–Crippen LogP) is 8.51. The standard InChI is InChI=1S/C31H57BO5Si/c1-9-11-15-18-25(37-38(7,8)31(3,4)5)21-22-27-26(19-16-13-14-17-20-30(33)34-6)28-24-29(27)36-32(35-28)23-12-10-2/h13,16,21-22,25-29H,9-12,14-15,17-20,23-24H2,1-8H3/b16-13-,22-21+/t25-,26+,27+,28-,29+/m0/s1. The van der Waals surface area contributed by atoms with Crippen LogP contribution in [0.4, 0.5) is 0 Å². The molecule has 1 heterocycles. The van der Waals surface area contributed by atoms with Crippen molar-refractivity contribution < 1.29 is 23.3 Å². The van der Waals surface area contributed by atoms with Gasteiger partial charge in [0.25, 0.3) is 0 Å². The van der Waals surface area contributed by atoms with E-state index < -0.39 is 8.32 Å². The van der Waals surface area contributed by atoms with Crippen molar-refractivity contribution in [3.63, 3.8) is 0 Å². The van der Waals surface area contributed by atoms with Gasteiger partial charge in [-0.25, -0.2) is 0 Å². The second-order valence-corrected chi connectivity index (χ2v) is 17.6. The van der Waals surface area contributed by atoms with Crippen molar-refractivity contribution in [1.29, 1.82) is 0 Å². The van der Waals surface area contributed by atoms with E-state index in [4.69, 9.17) is 18.5 Å². The van der Waals surface area contributed by atoms with Crippen molar-refractivity contribution in [1.82, 2.24) is 0 Å². The predicted molar refractivity (Wildman–Crippen MR) is 162 cm³/mol. The minimum atomic E-state index is -1.87. The summed E-state index contributed by atoms with van der Waals surface area (Å²) in [5.41, 5.74) is 0. The molecule has 2 fully saturated rings. The highest BCUT2D eigenvalue weighted by Crippen LogP contribution is 2.44. The first-order valence-corrected chi connectivity index (χ1v) is 18.3. The number of methoxy groups -OCH3 is 1. The van der Waals surface area contributed by atoms with E-state index in [2.05, 4.69) is 72.0 Å². The molecular formula is C31H57BO5Si. The third-order valence-electron chi connectivity index (χ3n) is 8.76. The number of unbranched alkanes of at least 4 members (excludes halogenated alkanes) is 4. The highest BCUT2D eigenvalue weighted by molar-refractivity contribution is 6.74. The lowest BCUT2D eigenvalue weighted by molar-refractivity contribution is -0.140. The summed E-state index contributed by atoms with van der Waals surface area (Å²) in [6.07, 6.45) is 22.1. The summed E-state index contributed by atoms with van der Waals surface area (Å²) < 4.78 is 24.7. The molecule has 0 aromatic heterocycles. The average Bonchev–Trinajstić information content (AvgIpc) is 3.10. The van der Waals surface area contributed by atoms with Crippen LogP contribution in [0, 0.1) is 11.8 Å². The van der Waals surface area contributed by atoms with Gasteiger partial charge in [-0.05, 0) is 62.5 Å². The van der Waals surface area contributed by atoms with Crippen LogP contribution >= 0.6 is 0 Å². The van der Waals surface area contributed by atoms with Crippen LogP contribution in [0.25, 0.3) is 0 Å². The van der Waals surface area contributed by atoms with Crippen molar-refractivity contribution in [3.8, 4) is 0 Å². The third kappa shape index (κ3) is 10.6. The van der Waals surface area contributed by atoms with Gasteiger partial charge in [-0.1, -0.05) is 91.0 Å². The Kier molecular flexibility index (Phi) is 14.4. The van der Waals surface area contributed by atoms with Crippen LogP contribution in [-0.2, 0) is 23.3 Å². The molecule has 7 heteroatoms. The number of hydrogen-bond donors (Lipinski definition) is 0. The van der Waals surface area contributed by atoms with Gasteiger partial charge in [0.2, 0.25) is 0 Å². The lowest BCUT2D eigenvalue weighted by Crippen LogP contribution is -2.43. The molecule has 218 valence electrons. The first kappa shape index (κ1) is 33.3. The van der Waals surface area contributed by atoms with Gasteiger partial charge in [0.05, 0.1) is 19.3 Å². The molecule has 2 bridgehead atoms. The van der Waals surface area contributed by atoms with Gasteiger partial charge in [-0.3, -0.25) is 4.79 Å². The Morgan fingerprint density at radius 2 is 1.76 bits per heavy atom. The summed E-state index contributed by atoms with van der Waals surface area (Å²) in [7, 11) is -0.497. The molecule has 0 aromatic rings. The summed E-state index contributed by atoms with van der Waals surface area (Å²) in [5.74, 6) is 0.609. The van der Waals surface area contributed by atoms with Gasteiger partial charge in [0.1, 0.15) is 0 Å². The number of ether oxygens (including phenoxy) is 1. The molecule has 38 heavy (non-hydrogen) atoms. The zero-order valence-electron chi connectivity index (χ0n) is 25.8. The second kappa shape index (κ2) is 16.4. The van der Waals surface area contributed by atoms with E-state index in [0.717, 1.165) is 51.3 Å². The van der Waals surface area contributed by atoms with Crippen molar-refractivity contribution in [3.05, 3.63) is 24.3 Å². The Bertz CT molecular complexity index is 747. The molecule has 1 saturated heterocycles. The molecule has 5 atom stereocenters. The van der Waals surface area contributed by atoms with Gasteiger partial charge in [-0.2, -0.15) is 0 Å². The Hall–Kier alpha value is -0.888. The van der Waals surface area contributed by atoms with Crippen molar-refractivity contribution in [2.75, 3.05) is 7.11 Å². The number of carbonyl (C=O) groups excluding carboxylic acids is 1. The maximum atomic E-state index is 11.4. The van der Waals surface area contributed by atoms with Crippen LogP contribution in [-0.4, -0.2) is 46.8 Å². The molecule has 1 saturated carbocycles. The second-order valence-electron chi connectivity index (χ2n) is 12.9. The van der Waals surface area contributed by atoms with E-state index in [-0.39, 0.29) is 36.4 Å². The number of rotatable bonds is 17. The quantitative estimate of drug-likeness (QED) is 0.0789. The van der Waals surface area contributed by atoms with E-state index in [1.54, 1.807) is 0 Å². The molecule has 0 unspecified atom stereocenters. The lowest BCUT2D eigenvalue weighted by Gasteiger charge is -2.39. The summed E-state index contributed by atoms with van der Waals surface area (Å²) >= 11 is 0. The van der Waals surface area contributed by atoms with Gasteiger partial charge >= 0.3 is 13.1 Å². The minimum Gasteiger partial charge on any atom is -0.469 e. The highest BCUT2D eigenvalue weighted by Gasteiger charge is 2.49. The Morgan fingerprint density at radius 1 is 1.05 bits per heavy atom. The first-order chi connectivity index (χ1) is 18.0.